The van der Waals surface area contributed by atoms with Crippen molar-refractivity contribution in [3.05, 3.63) is 58.2 Å². The van der Waals surface area contributed by atoms with Crippen LogP contribution in [0.3, 0.4) is 0 Å². The first-order chi connectivity index (χ1) is 17.3. The standard InChI is InChI=1S/C26H24N2O8/c1-5-33-23(29)19-13-17(14-20(27-19)24(30)34-6-2)11-9-10-12-18-15-21(25(31)35-7-3)28-22(16-18)26(32)36-8-4/h13-16H,5-8H2,1-4H3. The second-order valence-corrected chi connectivity index (χ2v) is 6.63. The van der Waals surface area contributed by atoms with Gasteiger partial charge in [-0.25, -0.2) is 29.1 Å². The second-order valence-electron chi connectivity index (χ2n) is 6.63. The molecule has 2 heterocycles. The molecule has 2 aromatic heterocycles. The maximum atomic E-state index is 12.1. The number of nitrogens with zero attached hydrogens (tertiary/aromatic N) is 2. The molecule has 0 bridgehead atoms. The van der Waals surface area contributed by atoms with Crippen molar-refractivity contribution in [3.63, 3.8) is 0 Å². The van der Waals surface area contributed by atoms with Crippen LogP contribution in [0.2, 0.25) is 0 Å². The van der Waals surface area contributed by atoms with Gasteiger partial charge in [-0.3, -0.25) is 0 Å². The van der Waals surface area contributed by atoms with Gasteiger partial charge in [-0.15, -0.1) is 0 Å². The Morgan fingerprint density at radius 1 is 0.556 bits per heavy atom. The summed E-state index contributed by atoms with van der Waals surface area (Å²) in [5.74, 6) is 7.79. The summed E-state index contributed by atoms with van der Waals surface area (Å²) >= 11 is 0. The molecule has 0 N–H and O–H groups in total. The van der Waals surface area contributed by atoms with Crippen LogP contribution < -0.4 is 0 Å². The van der Waals surface area contributed by atoms with Gasteiger partial charge in [0.1, 0.15) is 0 Å². The van der Waals surface area contributed by atoms with Gasteiger partial charge in [-0.1, -0.05) is 11.8 Å². The second kappa shape index (κ2) is 13.9. The van der Waals surface area contributed by atoms with E-state index >= 15 is 0 Å². The van der Waals surface area contributed by atoms with Crippen molar-refractivity contribution in [1.29, 1.82) is 0 Å². The van der Waals surface area contributed by atoms with Gasteiger partial charge in [0, 0.05) is 11.1 Å². The molecule has 2 aromatic rings. The number of carbonyl (C=O) groups is 4. The summed E-state index contributed by atoms with van der Waals surface area (Å²) in [4.78, 5) is 56.4. The highest BCUT2D eigenvalue weighted by atomic mass is 16.5. The van der Waals surface area contributed by atoms with Gasteiger partial charge in [0.25, 0.3) is 0 Å². The zero-order chi connectivity index (χ0) is 26.5. The molecule has 0 saturated carbocycles. The molecule has 2 rings (SSSR count). The van der Waals surface area contributed by atoms with Crippen molar-refractivity contribution in [2.45, 2.75) is 27.7 Å². The summed E-state index contributed by atoms with van der Waals surface area (Å²) in [5, 5.41) is 0. The topological polar surface area (TPSA) is 131 Å². The van der Waals surface area contributed by atoms with Crippen LogP contribution in [0.5, 0.6) is 0 Å². The molecule has 0 radical (unpaired) electrons. The Morgan fingerprint density at radius 2 is 0.806 bits per heavy atom. The lowest BCUT2D eigenvalue weighted by atomic mass is 10.1. The quantitative estimate of drug-likeness (QED) is 0.308. The van der Waals surface area contributed by atoms with Crippen LogP contribution in [0.4, 0.5) is 0 Å². The third kappa shape index (κ3) is 7.96. The molecule has 0 aliphatic carbocycles. The van der Waals surface area contributed by atoms with Crippen molar-refractivity contribution >= 4 is 23.9 Å². The molecule has 0 fully saturated rings. The molecule has 0 unspecified atom stereocenters. The van der Waals surface area contributed by atoms with Crippen LogP contribution in [0, 0.1) is 23.7 Å². The van der Waals surface area contributed by atoms with E-state index in [4.69, 9.17) is 18.9 Å². The van der Waals surface area contributed by atoms with Gasteiger partial charge in [0.2, 0.25) is 0 Å². The number of hydrogen-bond acceptors (Lipinski definition) is 10. The Kier molecular flexibility index (Phi) is 10.6. The number of aromatic nitrogens is 2. The third-order valence-corrected chi connectivity index (χ3v) is 4.07. The maximum absolute atomic E-state index is 12.1. The Labute approximate surface area is 208 Å². The number of rotatable bonds is 8. The van der Waals surface area contributed by atoms with E-state index in [2.05, 4.69) is 33.6 Å². The van der Waals surface area contributed by atoms with E-state index in [-0.39, 0.29) is 60.3 Å². The van der Waals surface area contributed by atoms with E-state index in [9.17, 15) is 19.2 Å². The van der Waals surface area contributed by atoms with Crippen LogP contribution in [0.1, 0.15) is 80.8 Å². The van der Waals surface area contributed by atoms with Crippen molar-refractivity contribution < 1.29 is 38.1 Å². The van der Waals surface area contributed by atoms with Gasteiger partial charge in [-0.2, -0.15) is 0 Å². The number of ether oxygens (including phenoxy) is 4. The molecule has 186 valence electrons. The fourth-order valence-electron chi connectivity index (χ4n) is 2.65. The smallest absolute Gasteiger partial charge is 0.356 e. The summed E-state index contributed by atoms with van der Waals surface area (Å²) in [6.07, 6.45) is 0. The van der Waals surface area contributed by atoms with Crippen molar-refractivity contribution in [1.82, 2.24) is 9.97 Å². The molecule has 10 nitrogen and oxygen atoms in total. The van der Waals surface area contributed by atoms with E-state index in [0.29, 0.717) is 0 Å². The van der Waals surface area contributed by atoms with E-state index in [1.165, 1.54) is 24.3 Å². The summed E-state index contributed by atoms with van der Waals surface area (Å²) in [6, 6.07) is 5.44. The molecule has 0 atom stereocenters. The lowest BCUT2D eigenvalue weighted by Crippen LogP contribution is -2.13. The van der Waals surface area contributed by atoms with Gasteiger partial charge in [0.15, 0.2) is 22.8 Å². The van der Waals surface area contributed by atoms with E-state index < -0.39 is 23.9 Å². The molecule has 0 aliphatic heterocycles. The number of esters is 4. The normalized spacial score (nSPS) is 9.56. The SMILES string of the molecule is CCOC(=O)c1cc(C#CC#Cc2cc(C(=O)OCC)nc(C(=O)OCC)c2)cc(C(=O)OCC)n1. The zero-order valence-corrected chi connectivity index (χ0v) is 20.3. The van der Waals surface area contributed by atoms with Crippen molar-refractivity contribution in [2.75, 3.05) is 26.4 Å². The predicted molar refractivity (Wildman–Crippen MR) is 126 cm³/mol. The summed E-state index contributed by atoms with van der Waals surface area (Å²) in [7, 11) is 0. The molecule has 0 aliphatic rings. The number of carbonyl (C=O) groups excluding carboxylic acids is 4. The Hall–Kier alpha value is -4.70. The third-order valence-electron chi connectivity index (χ3n) is 4.07. The minimum absolute atomic E-state index is 0.105. The minimum Gasteiger partial charge on any atom is -0.461 e. The monoisotopic (exact) mass is 492 g/mol. The Morgan fingerprint density at radius 3 is 1.03 bits per heavy atom. The fourth-order valence-corrected chi connectivity index (χ4v) is 2.65. The zero-order valence-electron chi connectivity index (χ0n) is 20.3. The first kappa shape index (κ1) is 27.5. The van der Waals surface area contributed by atoms with E-state index in [0.717, 1.165) is 0 Å². The molecular formula is C26H24N2O8. The summed E-state index contributed by atoms with van der Waals surface area (Å²) < 4.78 is 19.8. The maximum Gasteiger partial charge on any atom is 0.356 e. The fraction of sp³-hybridized carbons (Fsp3) is 0.308. The summed E-state index contributed by atoms with van der Waals surface area (Å²) in [6.45, 7) is 7.08. The van der Waals surface area contributed by atoms with Gasteiger partial charge in [0.05, 0.1) is 26.4 Å². The highest BCUT2D eigenvalue weighted by molar-refractivity contribution is 5.93. The molecule has 0 saturated heterocycles. The van der Waals surface area contributed by atoms with Crippen LogP contribution in [-0.2, 0) is 18.9 Å². The lowest BCUT2D eigenvalue weighted by Gasteiger charge is -2.05. The average molecular weight is 492 g/mol. The van der Waals surface area contributed by atoms with Crippen LogP contribution in [0.25, 0.3) is 0 Å². The molecule has 10 heteroatoms. The van der Waals surface area contributed by atoms with Gasteiger partial charge in [-0.05, 0) is 63.8 Å². The van der Waals surface area contributed by atoms with Crippen LogP contribution in [0.15, 0.2) is 24.3 Å². The van der Waals surface area contributed by atoms with E-state index in [1.807, 2.05) is 0 Å². The first-order valence-electron chi connectivity index (χ1n) is 11.1. The van der Waals surface area contributed by atoms with Crippen LogP contribution >= 0.6 is 0 Å². The highest BCUT2D eigenvalue weighted by Gasteiger charge is 2.17. The van der Waals surface area contributed by atoms with Gasteiger partial charge >= 0.3 is 23.9 Å². The van der Waals surface area contributed by atoms with Crippen LogP contribution in [-0.4, -0.2) is 60.3 Å². The first-order valence-corrected chi connectivity index (χ1v) is 11.1. The van der Waals surface area contributed by atoms with Crippen molar-refractivity contribution in [3.8, 4) is 23.7 Å². The highest BCUT2D eigenvalue weighted by Crippen LogP contribution is 2.10. The molecular weight excluding hydrogens is 468 g/mol. The Balaban J connectivity index is 2.43. The number of pyridine rings is 2. The molecule has 36 heavy (non-hydrogen) atoms. The predicted octanol–water partition coefficient (Wildman–Crippen LogP) is 2.59. The average Bonchev–Trinajstić information content (AvgIpc) is 2.87. The van der Waals surface area contributed by atoms with E-state index in [1.54, 1.807) is 27.7 Å². The molecule has 0 amide bonds. The lowest BCUT2D eigenvalue weighted by molar-refractivity contribution is 0.0492. The molecule has 0 spiro atoms. The molecule has 0 aromatic carbocycles. The Bertz CT molecular complexity index is 1110. The van der Waals surface area contributed by atoms with Gasteiger partial charge < -0.3 is 18.9 Å². The van der Waals surface area contributed by atoms with Crippen molar-refractivity contribution in [2.24, 2.45) is 0 Å². The largest absolute Gasteiger partial charge is 0.461 e. The number of hydrogen-bond donors (Lipinski definition) is 0. The summed E-state index contributed by atoms with van der Waals surface area (Å²) in [5.41, 5.74) is 0.136. The minimum atomic E-state index is -0.715.